The lowest BCUT2D eigenvalue weighted by Crippen LogP contribution is -2.67. The Labute approximate surface area is 206 Å². The smallest absolute Gasteiger partial charge is 0.255 e. The quantitative estimate of drug-likeness (QED) is 0.247. The first-order valence-electron chi connectivity index (χ1n) is 11.5. The number of benzene rings is 2. The van der Waals surface area contributed by atoms with Crippen LogP contribution in [0.15, 0.2) is 59.0 Å². The maximum absolute atomic E-state index is 13.5. The molecular formula is C27H23ClFN3O3. The summed E-state index contributed by atoms with van der Waals surface area (Å²) in [5.41, 5.74) is 3.22. The first kappa shape index (κ1) is 22.2. The van der Waals surface area contributed by atoms with Crippen LogP contribution in [0.1, 0.15) is 41.4 Å². The van der Waals surface area contributed by atoms with Crippen molar-refractivity contribution >= 4 is 28.6 Å². The summed E-state index contributed by atoms with van der Waals surface area (Å²) in [5.74, 6) is 0.347. The molecule has 2 aromatic heterocycles. The van der Waals surface area contributed by atoms with Crippen LogP contribution >= 0.6 is 11.6 Å². The lowest BCUT2D eigenvalue weighted by atomic mass is 9.50. The summed E-state index contributed by atoms with van der Waals surface area (Å²) in [6, 6.07) is 15.0. The van der Waals surface area contributed by atoms with E-state index in [0.717, 1.165) is 36.3 Å². The number of carbonyl (C=O) groups excluding carboxylic acids is 1. The minimum absolute atomic E-state index is 0.0775. The fraction of sp³-hybridized carbons (Fsp3) is 0.259. The molecule has 0 saturated heterocycles. The Morgan fingerprint density at radius 3 is 2.57 bits per heavy atom. The van der Waals surface area contributed by atoms with E-state index in [1.165, 1.54) is 19.2 Å². The van der Waals surface area contributed by atoms with Gasteiger partial charge in [0.25, 0.3) is 5.91 Å². The van der Waals surface area contributed by atoms with Crippen LogP contribution in [0.5, 0.6) is 0 Å². The van der Waals surface area contributed by atoms with Crippen molar-refractivity contribution < 1.29 is 18.7 Å². The van der Waals surface area contributed by atoms with E-state index in [-0.39, 0.29) is 33.9 Å². The Balaban J connectivity index is 1.42. The predicted octanol–water partition coefficient (Wildman–Crippen LogP) is 5.45. The SMILES string of the molecule is CNC(=O)c1c(-c2ccc(F)cc2)oc2nc(Cl)c(-c3cccc(C(O)NC45CC(C4)C5)c3)cc12. The van der Waals surface area contributed by atoms with Gasteiger partial charge in [0.05, 0.1) is 10.9 Å². The van der Waals surface area contributed by atoms with E-state index >= 15 is 0 Å². The van der Waals surface area contributed by atoms with Crippen LogP contribution in [0.3, 0.4) is 0 Å². The molecule has 2 bridgehead atoms. The lowest BCUT2D eigenvalue weighted by Gasteiger charge is -2.62. The molecule has 7 rings (SSSR count). The molecule has 4 aromatic rings. The van der Waals surface area contributed by atoms with Crippen LogP contribution in [0.2, 0.25) is 5.15 Å². The largest absolute Gasteiger partial charge is 0.437 e. The molecule has 3 aliphatic rings. The van der Waals surface area contributed by atoms with Gasteiger partial charge in [0.15, 0.2) is 0 Å². The Morgan fingerprint density at radius 1 is 1.17 bits per heavy atom. The number of amides is 1. The maximum Gasteiger partial charge on any atom is 0.255 e. The number of nitrogens with one attached hydrogen (secondary N) is 2. The second-order valence-corrected chi connectivity index (χ2v) is 9.86. The van der Waals surface area contributed by atoms with E-state index in [0.29, 0.717) is 22.1 Å². The molecule has 1 amide bonds. The van der Waals surface area contributed by atoms with Gasteiger partial charge in [-0.2, -0.15) is 0 Å². The highest BCUT2D eigenvalue weighted by Crippen LogP contribution is 2.57. The first-order chi connectivity index (χ1) is 16.9. The summed E-state index contributed by atoms with van der Waals surface area (Å²) in [7, 11) is 1.53. The highest BCUT2D eigenvalue weighted by Gasteiger charge is 2.57. The van der Waals surface area contributed by atoms with E-state index in [2.05, 4.69) is 15.6 Å². The Kier molecular flexibility index (Phi) is 5.18. The maximum atomic E-state index is 13.5. The molecule has 35 heavy (non-hydrogen) atoms. The van der Waals surface area contributed by atoms with Crippen LogP contribution in [0, 0.1) is 11.7 Å². The van der Waals surface area contributed by atoms with Crippen molar-refractivity contribution in [3.8, 4) is 22.5 Å². The van der Waals surface area contributed by atoms with Gasteiger partial charge < -0.3 is 14.8 Å². The number of hydrogen-bond acceptors (Lipinski definition) is 5. The Hall–Kier alpha value is -3.26. The molecule has 2 heterocycles. The molecule has 8 heteroatoms. The number of aliphatic hydroxyl groups is 1. The number of pyridine rings is 1. The zero-order valence-corrected chi connectivity index (χ0v) is 19.7. The van der Waals surface area contributed by atoms with Crippen molar-refractivity contribution in [2.45, 2.75) is 31.0 Å². The van der Waals surface area contributed by atoms with Gasteiger partial charge in [0.2, 0.25) is 5.71 Å². The number of halogens is 2. The summed E-state index contributed by atoms with van der Waals surface area (Å²) in [6.45, 7) is 0. The number of nitrogens with zero attached hydrogens (tertiary/aromatic N) is 1. The summed E-state index contributed by atoms with van der Waals surface area (Å²) in [5, 5.41) is 17.5. The van der Waals surface area contributed by atoms with Crippen LogP contribution in [0.4, 0.5) is 4.39 Å². The zero-order chi connectivity index (χ0) is 24.3. The normalized spacial score (nSPS) is 21.3. The van der Waals surface area contributed by atoms with E-state index < -0.39 is 6.23 Å². The van der Waals surface area contributed by atoms with E-state index in [9.17, 15) is 14.3 Å². The third-order valence-corrected chi connectivity index (χ3v) is 7.48. The van der Waals surface area contributed by atoms with E-state index in [4.69, 9.17) is 16.0 Å². The van der Waals surface area contributed by atoms with Gasteiger partial charge >= 0.3 is 0 Å². The zero-order valence-electron chi connectivity index (χ0n) is 18.9. The molecule has 2 aromatic carbocycles. The van der Waals surface area contributed by atoms with Crippen molar-refractivity contribution in [1.82, 2.24) is 15.6 Å². The molecule has 3 N–H and O–H groups in total. The second kappa shape index (κ2) is 8.16. The Bertz CT molecular complexity index is 1450. The van der Waals surface area contributed by atoms with Crippen molar-refractivity contribution in [2.75, 3.05) is 7.05 Å². The minimum Gasteiger partial charge on any atom is -0.437 e. The van der Waals surface area contributed by atoms with E-state index in [1.54, 1.807) is 18.2 Å². The number of carbonyl (C=O) groups is 1. The molecule has 178 valence electrons. The van der Waals surface area contributed by atoms with Crippen LogP contribution in [-0.2, 0) is 0 Å². The number of fused-ring (bicyclic) bond motifs is 1. The third-order valence-electron chi connectivity index (χ3n) is 7.19. The summed E-state index contributed by atoms with van der Waals surface area (Å²) >= 11 is 6.56. The molecule has 1 atom stereocenters. The summed E-state index contributed by atoms with van der Waals surface area (Å²) in [6.07, 6.45) is 2.58. The fourth-order valence-electron chi connectivity index (χ4n) is 5.26. The van der Waals surface area contributed by atoms with Crippen LogP contribution < -0.4 is 10.6 Å². The van der Waals surface area contributed by atoms with Crippen LogP contribution in [-0.4, -0.2) is 28.6 Å². The lowest BCUT2D eigenvalue weighted by molar-refractivity contribution is -0.0872. The van der Waals surface area contributed by atoms with Crippen molar-refractivity contribution in [3.63, 3.8) is 0 Å². The minimum atomic E-state index is -0.785. The molecule has 0 spiro atoms. The highest BCUT2D eigenvalue weighted by molar-refractivity contribution is 6.32. The molecule has 6 nitrogen and oxygen atoms in total. The molecule has 3 saturated carbocycles. The van der Waals surface area contributed by atoms with Gasteiger partial charge in [-0.3, -0.25) is 10.1 Å². The van der Waals surface area contributed by atoms with Crippen molar-refractivity contribution in [1.29, 1.82) is 0 Å². The third kappa shape index (κ3) is 3.71. The van der Waals surface area contributed by atoms with Gasteiger partial charge in [0, 0.05) is 23.7 Å². The summed E-state index contributed by atoms with van der Waals surface area (Å²) < 4.78 is 19.4. The topological polar surface area (TPSA) is 87.4 Å². The molecular weight excluding hydrogens is 469 g/mol. The van der Waals surface area contributed by atoms with Gasteiger partial charge in [0.1, 0.15) is 23.0 Å². The van der Waals surface area contributed by atoms with Gasteiger partial charge in [-0.25, -0.2) is 9.37 Å². The molecule has 3 fully saturated rings. The average Bonchev–Trinajstić information content (AvgIpc) is 3.18. The number of aromatic nitrogens is 1. The predicted molar refractivity (Wildman–Crippen MR) is 131 cm³/mol. The number of rotatable bonds is 6. The van der Waals surface area contributed by atoms with Crippen molar-refractivity contribution in [2.24, 2.45) is 5.92 Å². The van der Waals surface area contributed by atoms with Gasteiger partial charge in [-0.15, -0.1) is 0 Å². The van der Waals surface area contributed by atoms with Gasteiger partial charge in [-0.1, -0.05) is 29.8 Å². The number of aliphatic hydroxyl groups excluding tert-OH is 1. The van der Waals surface area contributed by atoms with Crippen molar-refractivity contribution in [3.05, 3.63) is 76.7 Å². The molecule has 0 aliphatic heterocycles. The van der Waals surface area contributed by atoms with E-state index in [1.807, 2.05) is 24.3 Å². The second-order valence-electron chi connectivity index (χ2n) is 9.50. The average molecular weight is 492 g/mol. The standard InChI is InChI=1S/C27H23ClFN3O3/c1-30-25(34)21-20-10-19(23(28)31-26(20)35-22(21)15-5-7-18(29)8-6-15)16-3-2-4-17(9-16)24(33)32-27-11-14(12-27)13-27/h2-10,14,24,32-33H,11-13H2,1H3,(H,30,34). The molecule has 1 unspecified atom stereocenters. The monoisotopic (exact) mass is 491 g/mol. The highest BCUT2D eigenvalue weighted by atomic mass is 35.5. The van der Waals surface area contributed by atoms with Gasteiger partial charge in [-0.05, 0) is 72.7 Å². The molecule has 0 radical (unpaired) electrons. The van der Waals surface area contributed by atoms with Crippen LogP contribution in [0.25, 0.3) is 33.6 Å². The fourth-order valence-corrected chi connectivity index (χ4v) is 5.50. The molecule has 3 aliphatic carbocycles. The summed E-state index contributed by atoms with van der Waals surface area (Å²) in [4.78, 5) is 17.3. The number of furan rings is 1. The Morgan fingerprint density at radius 2 is 1.91 bits per heavy atom. The first-order valence-corrected chi connectivity index (χ1v) is 11.9. The number of hydrogen-bond donors (Lipinski definition) is 3.